The minimum absolute atomic E-state index is 0.332. The summed E-state index contributed by atoms with van der Waals surface area (Å²) in [6.45, 7) is 6.01. The molecule has 0 aromatic heterocycles. The van der Waals surface area contributed by atoms with Gasteiger partial charge in [0.25, 0.3) is 5.97 Å². The van der Waals surface area contributed by atoms with Crippen LogP contribution in [0.5, 0.6) is 0 Å². The van der Waals surface area contributed by atoms with Gasteiger partial charge in [0.15, 0.2) is 0 Å². The first-order valence-electron chi connectivity index (χ1n) is 5.87. The second-order valence-corrected chi connectivity index (χ2v) is 5.01. The molecule has 104 valence electrons. The summed E-state index contributed by atoms with van der Waals surface area (Å²) in [5.74, 6) is -1.68. The largest absolute Gasteiger partial charge is 0.473 e. The van der Waals surface area contributed by atoms with E-state index >= 15 is 0 Å². The van der Waals surface area contributed by atoms with E-state index in [1.807, 2.05) is 13.8 Å². The predicted molar refractivity (Wildman–Crippen MR) is 63.3 cm³/mol. The summed E-state index contributed by atoms with van der Waals surface area (Å²) < 4.78 is 25.9. The average molecular weight is 270 g/mol. The molecule has 0 aliphatic rings. The third-order valence-corrected chi connectivity index (χ3v) is 2.58. The highest BCUT2D eigenvalue weighted by molar-refractivity contribution is 7.46. The maximum absolute atomic E-state index is 10.8. The van der Waals surface area contributed by atoms with Crippen LogP contribution >= 0.6 is 7.82 Å². The highest BCUT2D eigenvalue weighted by Crippen LogP contribution is 2.42. The Balaban J connectivity index is 4.29. The maximum Gasteiger partial charge on any atom is 0.473 e. The zero-order valence-electron chi connectivity index (χ0n) is 10.7. The molecule has 0 aromatic rings. The average Bonchev–Trinajstić information content (AvgIpc) is 2.15. The first-order valence-corrected chi connectivity index (χ1v) is 7.40. The lowest BCUT2D eigenvalue weighted by Gasteiger charge is -2.29. The fourth-order valence-electron chi connectivity index (χ4n) is 1.11. The molecule has 0 unspecified atom stereocenters. The molecule has 0 saturated carbocycles. The van der Waals surface area contributed by atoms with Gasteiger partial charge in [0.1, 0.15) is 0 Å². The van der Waals surface area contributed by atoms with Crippen molar-refractivity contribution in [2.24, 2.45) is 0 Å². The van der Waals surface area contributed by atoms with E-state index in [2.05, 4.69) is 4.52 Å². The Hall–Kier alpha value is 0.0300. The third kappa shape index (κ3) is 9.71. The number of ether oxygens (including phenoxy) is 2. The molecule has 0 saturated heterocycles. The number of phosphoric ester groups is 1. The van der Waals surface area contributed by atoms with Crippen LogP contribution in [0.2, 0.25) is 0 Å². The van der Waals surface area contributed by atoms with Gasteiger partial charge in [-0.25, -0.2) is 9.09 Å². The third-order valence-electron chi connectivity index (χ3n) is 2.01. The van der Waals surface area contributed by atoms with Crippen molar-refractivity contribution in [1.29, 1.82) is 0 Å². The van der Waals surface area contributed by atoms with Gasteiger partial charge in [0.05, 0.1) is 13.2 Å². The van der Waals surface area contributed by atoms with E-state index in [0.717, 1.165) is 25.7 Å². The van der Waals surface area contributed by atoms with Crippen LogP contribution in [0, 0.1) is 0 Å². The molecule has 0 radical (unpaired) electrons. The monoisotopic (exact) mass is 270 g/mol. The lowest BCUT2D eigenvalue weighted by atomic mass is 10.3. The van der Waals surface area contributed by atoms with Gasteiger partial charge in [-0.15, -0.1) is 0 Å². The van der Waals surface area contributed by atoms with Crippen molar-refractivity contribution < 1.29 is 28.3 Å². The lowest BCUT2D eigenvalue weighted by Crippen LogP contribution is -2.35. The molecule has 0 aliphatic heterocycles. The molecule has 0 atom stereocenters. The summed E-state index contributed by atoms with van der Waals surface area (Å²) in [5, 5.41) is 0. The van der Waals surface area contributed by atoms with Crippen LogP contribution in [-0.4, -0.2) is 29.0 Å². The first kappa shape index (κ1) is 17.0. The summed E-state index contributed by atoms with van der Waals surface area (Å²) in [7, 11) is -4.63. The van der Waals surface area contributed by atoms with Crippen LogP contribution in [0.4, 0.5) is 0 Å². The lowest BCUT2D eigenvalue weighted by molar-refractivity contribution is -0.337. The summed E-state index contributed by atoms with van der Waals surface area (Å²) in [4.78, 5) is 17.6. The molecule has 0 rings (SSSR count). The zero-order valence-corrected chi connectivity index (χ0v) is 11.6. The topological polar surface area (TPSA) is 85.2 Å². The number of unbranched alkanes of at least 4 members (excludes halogenated alkanes) is 2. The second kappa shape index (κ2) is 8.19. The van der Waals surface area contributed by atoms with Crippen molar-refractivity contribution in [3.05, 3.63) is 0 Å². The quantitative estimate of drug-likeness (QED) is 0.360. The van der Waals surface area contributed by atoms with Gasteiger partial charge >= 0.3 is 7.82 Å². The molecule has 0 amide bonds. The smallest absolute Gasteiger partial charge is 0.327 e. The van der Waals surface area contributed by atoms with E-state index in [-0.39, 0.29) is 0 Å². The fraction of sp³-hybridized carbons (Fsp3) is 1.00. The number of phosphoric acid groups is 1. The molecule has 2 N–H and O–H groups in total. The highest BCUT2D eigenvalue weighted by atomic mass is 31.2. The van der Waals surface area contributed by atoms with E-state index in [0.29, 0.717) is 13.2 Å². The molecular formula is C10H23O6P. The van der Waals surface area contributed by atoms with Crippen LogP contribution in [0.25, 0.3) is 0 Å². The highest BCUT2D eigenvalue weighted by Gasteiger charge is 2.35. The molecule has 0 fully saturated rings. The molecule has 17 heavy (non-hydrogen) atoms. The Bertz CT molecular complexity index is 229. The Morgan fingerprint density at radius 3 is 1.76 bits per heavy atom. The molecule has 7 heteroatoms. The van der Waals surface area contributed by atoms with Crippen molar-refractivity contribution >= 4 is 7.82 Å². The minimum atomic E-state index is -4.63. The number of hydrogen-bond donors (Lipinski definition) is 2. The molecule has 0 aromatic carbocycles. The molecule has 6 nitrogen and oxygen atoms in total. The summed E-state index contributed by atoms with van der Waals surface area (Å²) in [6.07, 6.45) is 3.39. The molecular weight excluding hydrogens is 247 g/mol. The molecule has 0 heterocycles. The summed E-state index contributed by atoms with van der Waals surface area (Å²) in [6, 6.07) is 0. The van der Waals surface area contributed by atoms with Crippen LogP contribution in [0.1, 0.15) is 46.5 Å². The normalized spacial score (nSPS) is 13.0. The van der Waals surface area contributed by atoms with Gasteiger partial charge in [-0.3, -0.25) is 0 Å². The summed E-state index contributed by atoms with van der Waals surface area (Å²) >= 11 is 0. The van der Waals surface area contributed by atoms with Crippen molar-refractivity contribution in [1.82, 2.24) is 0 Å². The standard InChI is InChI=1S/C10H23O6P/c1-4-6-8-14-10(3,15-9-7-5-2)16-17(11,12)13/h4-9H2,1-3H3,(H2,11,12,13). The second-order valence-electron chi connectivity index (χ2n) is 3.85. The van der Waals surface area contributed by atoms with Crippen LogP contribution in [0.3, 0.4) is 0 Å². The first-order chi connectivity index (χ1) is 7.83. The SMILES string of the molecule is CCCCOC(C)(OCCCC)OP(=O)(O)O. The Kier molecular flexibility index (Phi) is 8.20. The van der Waals surface area contributed by atoms with Crippen LogP contribution in [-0.2, 0) is 18.6 Å². The van der Waals surface area contributed by atoms with E-state index < -0.39 is 13.8 Å². The van der Waals surface area contributed by atoms with Crippen molar-refractivity contribution in [3.63, 3.8) is 0 Å². The van der Waals surface area contributed by atoms with Crippen LogP contribution in [0.15, 0.2) is 0 Å². The Morgan fingerprint density at radius 2 is 1.47 bits per heavy atom. The molecule has 0 aliphatic carbocycles. The van der Waals surface area contributed by atoms with Gasteiger partial charge in [-0.1, -0.05) is 26.7 Å². The molecule has 0 bridgehead atoms. The van der Waals surface area contributed by atoms with Crippen molar-refractivity contribution in [2.45, 2.75) is 52.4 Å². The van der Waals surface area contributed by atoms with Gasteiger partial charge < -0.3 is 19.3 Å². The number of hydrogen-bond acceptors (Lipinski definition) is 4. The van der Waals surface area contributed by atoms with Gasteiger partial charge in [0, 0.05) is 6.92 Å². The number of rotatable bonds is 10. The van der Waals surface area contributed by atoms with Gasteiger partial charge in [-0.05, 0) is 12.8 Å². The Labute approximate surface area is 103 Å². The van der Waals surface area contributed by atoms with Crippen molar-refractivity contribution in [2.75, 3.05) is 13.2 Å². The van der Waals surface area contributed by atoms with Crippen molar-refractivity contribution in [3.8, 4) is 0 Å². The fourth-order valence-corrected chi connectivity index (χ4v) is 1.65. The molecule has 0 spiro atoms. The minimum Gasteiger partial charge on any atom is -0.327 e. The summed E-state index contributed by atoms with van der Waals surface area (Å²) in [5.41, 5.74) is 0. The van der Waals surface area contributed by atoms with E-state index in [9.17, 15) is 4.57 Å². The van der Waals surface area contributed by atoms with E-state index in [1.165, 1.54) is 6.92 Å². The van der Waals surface area contributed by atoms with E-state index in [4.69, 9.17) is 19.3 Å². The maximum atomic E-state index is 10.8. The zero-order chi connectivity index (χ0) is 13.4. The van der Waals surface area contributed by atoms with Gasteiger partial charge in [0.2, 0.25) is 0 Å². The Morgan fingerprint density at radius 1 is 1.06 bits per heavy atom. The van der Waals surface area contributed by atoms with Gasteiger partial charge in [-0.2, -0.15) is 0 Å². The van der Waals surface area contributed by atoms with Crippen LogP contribution < -0.4 is 0 Å². The van der Waals surface area contributed by atoms with E-state index in [1.54, 1.807) is 0 Å². The predicted octanol–water partition coefficient (Wildman–Crippen LogP) is 2.40.